The van der Waals surface area contributed by atoms with Crippen molar-refractivity contribution in [3.63, 3.8) is 0 Å². The Morgan fingerprint density at radius 1 is 1.29 bits per heavy atom. The number of ether oxygens (including phenoxy) is 1. The lowest BCUT2D eigenvalue weighted by atomic mass is 10.0. The van der Waals surface area contributed by atoms with E-state index in [-0.39, 0.29) is 30.2 Å². The summed E-state index contributed by atoms with van der Waals surface area (Å²) in [5, 5.41) is 11.7. The van der Waals surface area contributed by atoms with E-state index in [1.54, 1.807) is 0 Å². The van der Waals surface area contributed by atoms with Gasteiger partial charge in [0.05, 0.1) is 10.6 Å². The third-order valence-corrected chi connectivity index (χ3v) is 6.76. The number of carbonyl (C=O) groups excluding carboxylic acids is 3. The predicted octanol–water partition coefficient (Wildman–Crippen LogP) is 1.25. The molecule has 2 aliphatic heterocycles. The molecule has 0 saturated carbocycles. The molecule has 148 valence electrons. The van der Waals surface area contributed by atoms with Crippen LogP contribution >= 0.6 is 27.7 Å². The number of carbonyl (C=O) groups is 4. The lowest BCUT2D eigenvalue weighted by Crippen LogP contribution is -2.71. The zero-order valence-corrected chi connectivity index (χ0v) is 17.2. The third-order valence-electron chi connectivity index (χ3n) is 4.28. The lowest BCUT2D eigenvalue weighted by Gasteiger charge is -2.50. The highest BCUT2D eigenvalue weighted by Gasteiger charge is 2.56. The Balaban J connectivity index is 1.74. The van der Waals surface area contributed by atoms with E-state index in [4.69, 9.17) is 4.74 Å². The number of nitrogens with one attached hydrogen (secondary N) is 1. The van der Waals surface area contributed by atoms with Crippen molar-refractivity contribution < 1.29 is 29.0 Å². The van der Waals surface area contributed by atoms with Gasteiger partial charge in [0, 0.05) is 12.5 Å². The number of halogens is 1. The van der Waals surface area contributed by atoms with E-state index in [9.17, 15) is 24.3 Å². The number of alkyl halides is 1. The van der Waals surface area contributed by atoms with Gasteiger partial charge in [0.25, 0.3) is 5.91 Å². The number of β-lactam (4-membered cyclic amide) rings is 1. The molecule has 28 heavy (non-hydrogen) atoms. The Hall–Kier alpha value is -2.33. The first kappa shape index (κ1) is 20.4. The first-order chi connectivity index (χ1) is 13.3. The highest BCUT2D eigenvalue weighted by Crippen LogP contribution is 2.46. The Labute approximate surface area is 173 Å². The molecule has 0 aliphatic carbocycles. The number of aliphatic carboxylic acids is 1. The van der Waals surface area contributed by atoms with Gasteiger partial charge in [-0.05, 0) is 5.56 Å². The number of hydrogen-bond acceptors (Lipinski definition) is 6. The van der Waals surface area contributed by atoms with Gasteiger partial charge < -0.3 is 15.2 Å². The second-order valence-electron chi connectivity index (χ2n) is 6.22. The average molecular weight is 469 g/mol. The van der Waals surface area contributed by atoms with Gasteiger partial charge in [-0.3, -0.25) is 19.3 Å². The maximum absolute atomic E-state index is 12.6. The zero-order valence-electron chi connectivity index (χ0n) is 14.8. The summed E-state index contributed by atoms with van der Waals surface area (Å²) in [6.45, 7) is 0.984. The molecule has 1 unspecified atom stereocenters. The van der Waals surface area contributed by atoms with E-state index in [1.165, 1.54) is 18.7 Å². The van der Waals surface area contributed by atoms with Gasteiger partial charge >= 0.3 is 11.9 Å². The van der Waals surface area contributed by atoms with Crippen molar-refractivity contribution in [1.29, 1.82) is 0 Å². The molecule has 1 fully saturated rings. The summed E-state index contributed by atoms with van der Waals surface area (Å²) in [6.07, 6.45) is 0.124. The van der Waals surface area contributed by atoms with Crippen LogP contribution in [-0.4, -0.2) is 55.9 Å². The van der Waals surface area contributed by atoms with Crippen LogP contribution in [0, 0.1) is 0 Å². The van der Waals surface area contributed by atoms with Crippen molar-refractivity contribution in [2.24, 2.45) is 0 Å². The second-order valence-corrected chi connectivity index (χ2v) is 8.97. The maximum Gasteiger partial charge on any atom is 0.352 e. The molecular weight excluding hydrogens is 452 g/mol. The number of fused-ring (bicyclic) bond motifs is 1. The number of carboxylic acids is 1. The summed E-state index contributed by atoms with van der Waals surface area (Å²) in [6, 6.07) is 8.29. The van der Waals surface area contributed by atoms with Gasteiger partial charge in [0.15, 0.2) is 0 Å². The number of carboxylic acid groups (broad SMARTS) is 1. The Morgan fingerprint density at radius 3 is 2.57 bits per heavy atom. The third kappa shape index (κ3) is 4.07. The fourth-order valence-electron chi connectivity index (χ4n) is 3.00. The fraction of sp³-hybridized carbons (Fsp3) is 0.333. The van der Waals surface area contributed by atoms with E-state index in [1.807, 2.05) is 30.3 Å². The minimum atomic E-state index is -1.29. The average Bonchev–Trinajstić information content (AvgIpc) is 2.64. The highest BCUT2D eigenvalue weighted by molar-refractivity contribution is 9.11. The van der Waals surface area contributed by atoms with Crippen molar-refractivity contribution in [3.05, 3.63) is 47.2 Å². The van der Waals surface area contributed by atoms with Crippen LogP contribution in [0.3, 0.4) is 0 Å². The van der Waals surface area contributed by atoms with E-state index in [2.05, 4.69) is 21.2 Å². The minimum absolute atomic E-state index is 0.124. The molecule has 0 aromatic heterocycles. The summed E-state index contributed by atoms with van der Waals surface area (Å²) in [5.41, 5.74) is 0.880. The van der Waals surface area contributed by atoms with Crippen LogP contribution in [0.2, 0.25) is 0 Å². The molecule has 2 N–H and O–H groups in total. The summed E-state index contributed by atoms with van der Waals surface area (Å²) in [5.74, 6) is -2.66. The van der Waals surface area contributed by atoms with Crippen LogP contribution in [0.1, 0.15) is 12.5 Å². The van der Waals surface area contributed by atoms with Crippen molar-refractivity contribution >= 4 is 51.4 Å². The maximum atomic E-state index is 12.6. The number of thioether (sulfide) groups is 1. The first-order valence-corrected chi connectivity index (χ1v) is 10.2. The number of rotatable bonds is 6. The van der Waals surface area contributed by atoms with Crippen LogP contribution < -0.4 is 5.32 Å². The molecule has 0 bridgehead atoms. The molecular formula is C18H17BrN2O6S. The van der Waals surface area contributed by atoms with Crippen LogP contribution in [0.25, 0.3) is 0 Å². The van der Waals surface area contributed by atoms with Gasteiger partial charge in [-0.1, -0.05) is 46.3 Å². The monoisotopic (exact) mass is 468 g/mol. The molecule has 8 nitrogen and oxygen atoms in total. The van der Waals surface area contributed by atoms with E-state index < -0.39 is 33.4 Å². The summed E-state index contributed by atoms with van der Waals surface area (Å²) < 4.78 is 4.45. The van der Waals surface area contributed by atoms with E-state index in [0.29, 0.717) is 0 Å². The highest BCUT2D eigenvalue weighted by atomic mass is 79.9. The largest absolute Gasteiger partial charge is 0.477 e. The topological polar surface area (TPSA) is 113 Å². The molecule has 0 radical (unpaired) electrons. The Morgan fingerprint density at radius 2 is 1.96 bits per heavy atom. The molecule has 2 aliphatic rings. The van der Waals surface area contributed by atoms with Crippen molar-refractivity contribution in [2.45, 2.75) is 28.9 Å². The van der Waals surface area contributed by atoms with Gasteiger partial charge in [0.2, 0.25) is 5.91 Å². The summed E-state index contributed by atoms with van der Waals surface area (Å²) >= 11 is 4.65. The van der Waals surface area contributed by atoms with Crippen LogP contribution in [-0.2, 0) is 30.3 Å². The number of hydrogen-bond donors (Lipinski definition) is 2. The number of amides is 2. The van der Waals surface area contributed by atoms with Crippen LogP contribution in [0.5, 0.6) is 0 Å². The Bertz CT molecular complexity index is 859. The first-order valence-electron chi connectivity index (χ1n) is 8.35. The summed E-state index contributed by atoms with van der Waals surface area (Å²) in [4.78, 5) is 48.8. The van der Waals surface area contributed by atoms with Crippen LogP contribution in [0.15, 0.2) is 41.6 Å². The smallest absolute Gasteiger partial charge is 0.352 e. The normalized spacial score (nSPS) is 23.6. The standard InChI is InChI=1S/C18H17BrN2O6S/c1-9(22)27-8-11-14(18(25)26)21-16(24)13(17(21)28-15(11)19)20-12(23)7-10-5-3-2-4-6-10/h2-6,13,15,17H,7-8H2,1H3,(H,20,23)(H,25,26)/t13-,15?,17-/m1/s1. The molecule has 10 heteroatoms. The quantitative estimate of drug-likeness (QED) is 0.366. The molecule has 1 aromatic carbocycles. The Kier molecular flexibility index (Phi) is 6.09. The summed E-state index contributed by atoms with van der Waals surface area (Å²) in [7, 11) is 0. The number of benzene rings is 1. The van der Waals surface area contributed by atoms with Crippen molar-refractivity contribution in [2.75, 3.05) is 6.61 Å². The SMILES string of the molecule is CC(=O)OCC1=C(C(=O)O)N2C(=O)[C@@H](NC(=O)Cc3ccccc3)[C@H]2SC1Br. The molecule has 3 rings (SSSR count). The van der Waals surface area contributed by atoms with Gasteiger partial charge in [-0.25, -0.2) is 4.79 Å². The second kappa shape index (κ2) is 8.36. The predicted molar refractivity (Wildman–Crippen MR) is 104 cm³/mol. The minimum Gasteiger partial charge on any atom is -0.477 e. The molecule has 3 atom stereocenters. The fourth-order valence-corrected chi connectivity index (χ4v) is 5.27. The molecule has 2 heterocycles. The molecule has 0 spiro atoms. The number of esters is 1. The molecule has 1 saturated heterocycles. The van der Waals surface area contributed by atoms with Gasteiger partial charge in [-0.2, -0.15) is 0 Å². The lowest BCUT2D eigenvalue weighted by molar-refractivity contribution is -0.151. The van der Waals surface area contributed by atoms with Crippen molar-refractivity contribution in [3.8, 4) is 0 Å². The van der Waals surface area contributed by atoms with Crippen molar-refractivity contribution in [1.82, 2.24) is 10.2 Å². The number of nitrogens with zero attached hydrogens (tertiary/aromatic N) is 1. The van der Waals surface area contributed by atoms with E-state index >= 15 is 0 Å². The molecule has 1 aromatic rings. The van der Waals surface area contributed by atoms with Gasteiger partial charge in [0.1, 0.15) is 23.7 Å². The molecule has 2 amide bonds. The van der Waals surface area contributed by atoms with E-state index in [0.717, 1.165) is 10.5 Å². The van der Waals surface area contributed by atoms with Gasteiger partial charge in [-0.15, -0.1) is 11.8 Å². The van der Waals surface area contributed by atoms with Crippen LogP contribution in [0.4, 0.5) is 0 Å². The zero-order chi connectivity index (χ0) is 20.4.